The molecule has 32 heavy (non-hydrogen) atoms. The molecule has 0 unspecified atom stereocenters. The zero-order valence-electron chi connectivity index (χ0n) is 17.7. The van der Waals surface area contributed by atoms with Crippen LogP contribution in [0.3, 0.4) is 0 Å². The molecule has 2 aromatic carbocycles. The van der Waals surface area contributed by atoms with Gasteiger partial charge in [-0.25, -0.2) is 4.79 Å². The molecule has 0 aliphatic rings. The van der Waals surface area contributed by atoms with Gasteiger partial charge in [-0.1, -0.05) is 12.1 Å². The van der Waals surface area contributed by atoms with E-state index in [9.17, 15) is 18.0 Å². The van der Waals surface area contributed by atoms with Crippen molar-refractivity contribution in [3.63, 3.8) is 0 Å². The van der Waals surface area contributed by atoms with E-state index < -0.39 is 17.8 Å². The predicted octanol–water partition coefficient (Wildman–Crippen LogP) is 6.61. The Bertz CT molecular complexity index is 1310. The van der Waals surface area contributed by atoms with Crippen molar-refractivity contribution in [3.8, 4) is 5.69 Å². The minimum absolute atomic E-state index is 0.109. The van der Waals surface area contributed by atoms with Crippen LogP contribution in [0.1, 0.15) is 22.4 Å². The van der Waals surface area contributed by atoms with Gasteiger partial charge in [0.05, 0.1) is 16.8 Å². The molecule has 0 saturated carbocycles. The SMILES string of the molecule is Cc1cc(C)c(C(F)(F)F)cc1NC(=O)Nc1cccc2c1cc(C)n2-c1ccncc1. The number of hydrogen-bond acceptors (Lipinski definition) is 2. The Morgan fingerprint density at radius 3 is 2.28 bits per heavy atom. The van der Waals surface area contributed by atoms with Gasteiger partial charge in [0.2, 0.25) is 0 Å². The van der Waals surface area contributed by atoms with Gasteiger partial charge in [-0.15, -0.1) is 0 Å². The molecular formula is C24H21F3N4O. The monoisotopic (exact) mass is 438 g/mol. The number of anilines is 2. The number of pyridine rings is 1. The maximum Gasteiger partial charge on any atom is 0.416 e. The van der Waals surface area contributed by atoms with Gasteiger partial charge in [0, 0.05) is 34.8 Å². The Morgan fingerprint density at radius 2 is 1.59 bits per heavy atom. The van der Waals surface area contributed by atoms with Crippen LogP contribution < -0.4 is 10.6 Å². The standard InChI is InChI=1S/C24H21F3N4O/c1-14-11-15(2)21(13-19(14)24(25,26)27)30-23(32)29-20-5-4-6-22-18(20)12-16(3)31(22)17-7-9-28-10-8-17/h4-13H,1-3H3,(H2,29,30,32). The lowest BCUT2D eigenvalue weighted by Gasteiger charge is -2.16. The van der Waals surface area contributed by atoms with Crippen molar-refractivity contribution in [3.05, 3.63) is 83.3 Å². The summed E-state index contributed by atoms with van der Waals surface area (Å²) < 4.78 is 41.8. The Balaban J connectivity index is 1.65. The summed E-state index contributed by atoms with van der Waals surface area (Å²) in [6.45, 7) is 5.01. The van der Waals surface area contributed by atoms with E-state index in [0.717, 1.165) is 28.4 Å². The van der Waals surface area contributed by atoms with Crippen LogP contribution in [0.15, 0.2) is 60.9 Å². The maximum atomic E-state index is 13.3. The Labute approximate surface area is 182 Å². The highest BCUT2D eigenvalue weighted by Gasteiger charge is 2.33. The molecule has 2 aromatic heterocycles. The molecule has 4 rings (SSSR count). The number of rotatable bonds is 3. The summed E-state index contributed by atoms with van der Waals surface area (Å²) in [5.41, 5.74) is 3.33. The molecule has 0 atom stereocenters. The molecular weight excluding hydrogens is 417 g/mol. The molecule has 0 aliphatic carbocycles. The number of aryl methyl sites for hydroxylation is 3. The fraction of sp³-hybridized carbons (Fsp3) is 0.167. The quantitative estimate of drug-likeness (QED) is 0.378. The normalized spacial score (nSPS) is 11.6. The highest BCUT2D eigenvalue weighted by atomic mass is 19.4. The van der Waals surface area contributed by atoms with E-state index in [4.69, 9.17) is 0 Å². The molecule has 0 bridgehead atoms. The lowest BCUT2D eigenvalue weighted by molar-refractivity contribution is -0.138. The number of fused-ring (bicyclic) bond motifs is 1. The number of nitrogens with one attached hydrogen (secondary N) is 2. The zero-order valence-corrected chi connectivity index (χ0v) is 17.7. The summed E-state index contributed by atoms with van der Waals surface area (Å²) in [7, 11) is 0. The number of hydrogen-bond donors (Lipinski definition) is 2. The van der Waals surface area contributed by atoms with E-state index in [1.54, 1.807) is 25.4 Å². The molecule has 0 fully saturated rings. The summed E-state index contributed by atoms with van der Waals surface area (Å²) >= 11 is 0. The predicted molar refractivity (Wildman–Crippen MR) is 119 cm³/mol. The van der Waals surface area contributed by atoms with Gasteiger partial charge in [-0.3, -0.25) is 4.98 Å². The van der Waals surface area contributed by atoms with E-state index >= 15 is 0 Å². The Kier molecular flexibility index (Phi) is 5.38. The van der Waals surface area contributed by atoms with Gasteiger partial charge in [0.1, 0.15) is 0 Å². The molecule has 5 nitrogen and oxygen atoms in total. The second-order valence-corrected chi connectivity index (χ2v) is 7.62. The molecule has 2 amide bonds. The molecule has 0 saturated heterocycles. The Hall–Kier alpha value is -3.81. The van der Waals surface area contributed by atoms with Crippen molar-refractivity contribution >= 4 is 28.3 Å². The van der Waals surface area contributed by atoms with Crippen molar-refractivity contribution in [2.24, 2.45) is 0 Å². The second-order valence-electron chi connectivity index (χ2n) is 7.62. The zero-order chi connectivity index (χ0) is 23.0. The van der Waals surface area contributed by atoms with Crippen LogP contribution in [0.4, 0.5) is 29.3 Å². The van der Waals surface area contributed by atoms with E-state index in [2.05, 4.69) is 15.6 Å². The van der Waals surface area contributed by atoms with Gasteiger partial charge in [0.15, 0.2) is 0 Å². The lowest BCUT2D eigenvalue weighted by Crippen LogP contribution is -2.21. The van der Waals surface area contributed by atoms with E-state index in [1.807, 2.05) is 41.8 Å². The van der Waals surface area contributed by atoms with Crippen LogP contribution in [0.5, 0.6) is 0 Å². The number of halogens is 3. The first-order chi connectivity index (χ1) is 15.1. The molecule has 0 spiro atoms. The first kappa shape index (κ1) is 21.4. The number of carbonyl (C=O) groups is 1. The highest BCUT2D eigenvalue weighted by Crippen LogP contribution is 2.35. The number of urea groups is 1. The topological polar surface area (TPSA) is 59.0 Å². The smallest absolute Gasteiger partial charge is 0.314 e. The summed E-state index contributed by atoms with van der Waals surface area (Å²) in [5, 5.41) is 6.13. The van der Waals surface area contributed by atoms with Crippen LogP contribution in [-0.4, -0.2) is 15.6 Å². The molecule has 164 valence electrons. The maximum absolute atomic E-state index is 13.3. The molecule has 8 heteroatoms. The second kappa shape index (κ2) is 8.03. The third-order valence-electron chi connectivity index (χ3n) is 5.32. The van der Waals surface area contributed by atoms with Crippen molar-refractivity contribution in [2.45, 2.75) is 26.9 Å². The van der Waals surface area contributed by atoms with Gasteiger partial charge in [-0.2, -0.15) is 13.2 Å². The molecule has 0 radical (unpaired) electrons. The fourth-order valence-electron chi connectivity index (χ4n) is 3.88. The molecule has 0 aliphatic heterocycles. The summed E-state index contributed by atoms with van der Waals surface area (Å²) in [4.78, 5) is 16.7. The van der Waals surface area contributed by atoms with Crippen LogP contribution in [-0.2, 0) is 6.18 Å². The van der Waals surface area contributed by atoms with Gasteiger partial charge >= 0.3 is 12.2 Å². The van der Waals surface area contributed by atoms with Crippen LogP contribution in [0.2, 0.25) is 0 Å². The third kappa shape index (κ3) is 4.03. The van der Waals surface area contributed by atoms with E-state index in [0.29, 0.717) is 11.3 Å². The average molecular weight is 438 g/mol. The molecule has 2 heterocycles. The van der Waals surface area contributed by atoms with Gasteiger partial charge < -0.3 is 15.2 Å². The molecule has 4 aromatic rings. The van der Waals surface area contributed by atoms with Crippen molar-refractivity contribution in [1.82, 2.24) is 9.55 Å². The van der Waals surface area contributed by atoms with Crippen LogP contribution >= 0.6 is 0 Å². The third-order valence-corrected chi connectivity index (χ3v) is 5.32. The van der Waals surface area contributed by atoms with Crippen molar-refractivity contribution < 1.29 is 18.0 Å². The van der Waals surface area contributed by atoms with Gasteiger partial charge in [0.25, 0.3) is 0 Å². The van der Waals surface area contributed by atoms with Crippen LogP contribution in [0, 0.1) is 20.8 Å². The van der Waals surface area contributed by atoms with E-state index in [-0.39, 0.29) is 11.3 Å². The van der Waals surface area contributed by atoms with Crippen molar-refractivity contribution in [1.29, 1.82) is 0 Å². The first-order valence-corrected chi connectivity index (χ1v) is 9.93. The summed E-state index contributed by atoms with van der Waals surface area (Å²) in [6, 6.07) is 13.0. The minimum atomic E-state index is -4.50. The number of benzene rings is 2. The first-order valence-electron chi connectivity index (χ1n) is 9.93. The number of alkyl halides is 3. The lowest BCUT2D eigenvalue weighted by atomic mass is 10.0. The number of aromatic nitrogens is 2. The van der Waals surface area contributed by atoms with Crippen LogP contribution in [0.25, 0.3) is 16.6 Å². The largest absolute Gasteiger partial charge is 0.416 e. The Morgan fingerprint density at radius 1 is 0.906 bits per heavy atom. The average Bonchev–Trinajstić information content (AvgIpc) is 3.06. The summed E-state index contributed by atoms with van der Waals surface area (Å²) in [6.07, 6.45) is -1.09. The highest BCUT2D eigenvalue weighted by molar-refractivity contribution is 6.06. The fourth-order valence-corrected chi connectivity index (χ4v) is 3.88. The van der Waals surface area contributed by atoms with Gasteiger partial charge in [-0.05, 0) is 68.3 Å². The minimum Gasteiger partial charge on any atom is -0.314 e. The number of amides is 2. The number of carbonyl (C=O) groups excluding carboxylic acids is 1. The summed E-state index contributed by atoms with van der Waals surface area (Å²) in [5.74, 6) is 0. The van der Waals surface area contributed by atoms with E-state index in [1.165, 1.54) is 13.0 Å². The molecule has 2 N–H and O–H groups in total. The van der Waals surface area contributed by atoms with Crippen molar-refractivity contribution in [2.75, 3.05) is 10.6 Å². The number of nitrogens with zero attached hydrogens (tertiary/aromatic N) is 2.